The van der Waals surface area contributed by atoms with Crippen LogP contribution in [0.4, 0.5) is 0 Å². The van der Waals surface area contributed by atoms with Crippen LogP contribution in [0.2, 0.25) is 0 Å². The fraction of sp³-hybridized carbons (Fsp3) is 0.632. The second kappa shape index (κ2) is 7.28. The van der Waals surface area contributed by atoms with Gasteiger partial charge in [-0.25, -0.2) is 0 Å². The van der Waals surface area contributed by atoms with Gasteiger partial charge >= 0.3 is 0 Å². The molecule has 2 aliphatic heterocycles. The summed E-state index contributed by atoms with van der Waals surface area (Å²) >= 11 is 0. The molecule has 0 unspecified atom stereocenters. The van der Waals surface area contributed by atoms with E-state index in [4.69, 9.17) is 0 Å². The molecule has 2 fully saturated rings. The van der Waals surface area contributed by atoms with Crippen LogP contribution in [-0.4, -0.2) is 41.9 Å². The van der Waals surface area contributed by atoms with Gasteiger partial charge in [-0.05, 0) is 51.1 Å². The van der Waals surface area contributed by atoms with Crippen molar-refractivity contribution < 1.29 is 4.79 Å². The first-order valence-corrected chi connectivity index (χ1v) is 8.79. The third kappa shape index (κ3) is 3.89. The van der Waals surface area contributed by atoms with Crippen molar-refractivity contribution in [2.75, 3.05) is 26.2 Å². The summed E-state index contributed by atoms with van der Waals surface area (Å²) in [6.45, 7) is 7.13. The summed E-state index contributed by atoms with van der Waals surface area (Å²) in [5.74, 6) is 0.630. The van der Waals surface area contributed by atoms with Crippen molar-refractivity contribution in [1.29, 1.82) is 0 Å². The molecule has 0 bridgehead atoms. The first kappa shape index (κ1) is 15.5. The van der Waals surface area contributed by atoms with E-state index in [0.717, 1.165) is 45.6 Å². The number of amides is 1. The Morgan fingerprint density at radius 1 is 1.14 bits per heavy atom. The molecule has 0 aliphatic carbocycles. The average Bonchev–Trinajstić information content (AvgIpc) is 2.55. The van der Waals surface area contributed by atoms with Crippen LogP contribution in [0.5, 0.6) is 0 Å². The van der Waals surface area contributed by atoms with Crippen LogP contribution in [-0.2, 0) is 11.3 Å². The largest absolute Gasteiger partial charge is 0.342 e. The first-order valence-electron chi connectivity index (χ1n) is 8.79. The molecule has 0 aromatic heterocycles. The van der Waals surface area contributed by atoms with Gasteiger partial charge in [0, 0.05) is 26.2 Å². The highest BCUT2D eigenvalue weighted by Gasteiger charge is 2.29. The molecular weight excluding hydrogens is 272 g/mol. The topological polar surface area (TPSA) is 23.6 Å². The highest BCUT2D eigenvalue weighted by atomic mass is 16.2. The lowest BCUT2D eigenvalue weighted by molar-refractivity contribution is -0.138. The molecule has 3 nitrogen and oxygen atoms in total. The molecule has 1 atom stereocenters. The zero-order valence-electron chi connectivity index (χ0n) is 13.8. The Labute approximate surface area is 134 Å². The van der Waals surface area contributed by atoms with E-state index in [1.54, 1.807) is 0 Å². The van der Waals surface area contributed by atoms with Gasteiger partial charge in [0.25, 0.3) is 0 Å². The van der Waals surface area contributed by atoms with Crippen molar-refractivity contribution in [2.24, 2.45) is 5.92 Å². The summed E-state index contributed by atoms with van der Waals surface area (Å²) in [7, 11) is 0. The lowest BCUT2D eigenvalue weighted by Crippen LogP contribution is -2.46. The fourth-order valence-corrected chi connectivity index (χ4v) is 3.84. The Kier molecular flexibility index (Phi) is 5.14. The molecule has 22 heavy (non-hydrogen) atoms. The average molecular weight is 300 g/mol. The Balaban J connectivity index is 1.57. The van der Waals surface area contributed by atoms with Crippen molar-refractivity contribution in [1.82, 2.24) is 9.80 Å². The van der Waals surface area contributed by atoms with Crippen LogP contribution >= 0.6 is 0 Å². The van der Waals surface area contributed by atoms with Gasteiger partial charge in [-0.3, -0.25) is 9.69 Å². The van der Waals surface area contributed by atoms with E-state index in [1.165, 1.54) is 30.4 Å². The molecule has 1 aromatic rings. The highest BCUT2D eigenvalue weighted by molar-refractivity contribution is 5.79. The SMILES string of the molecule is Cc1cccc(CN2CCC[C@@H](C(=O)N3CCCCC3)C2)c1. The third-order valence-electron chi connectivity index (χ3n) is 5.01. The zero-order chi connectivity index (χ0) is 15.4. The molecule has 0 radical (unpaired) electrons. The Bertz CT molecular complexity index is 508. The van der Waals surface area contributed by atoms with Crippen LogP contribution in [0.25, 0.3) is 0 Å². The Morgan fingerprint density at radius 2 is 1.95 bits per heavy atom. The minimum Gasteiger partial charge on any atom is -0.342 e. The molecule has 120 valence electrons. The number of rotatable bonds is 3. The van der Waals surface area contributed by atoms with Gasteiger partial charge in [0.15, 0.2) is 0 Å². The van der Waals surface area contributed by atoms with Gasteiger partial charge in [0.2, 0.25) is 5.91 Å². The predicted octanol–water partition coefficient (Wildman–Crippen LogP) is 3.22. The number of nitrogens with zero attached hydrogens (tertiary/aromatic N) is 2. The van der Waals surface area contributed by atoms with E-state index >= 15 is 0 Å². The van der Waals surface area contributed by atoms with Gasteiger partial charge in [-0.15, -0.1) is 0 Å². The summed E-state index contributed by atoms with van der Waals surface area (Å²) in [4.78, 5) is 17.3. The summed E-state index contributed by atoms with van der Waals surface area (Å²) in [6, 6.07) is 8.73. The van der Waals surface area contributed by atoms with E-state index < -0.39 is 0 Å². The smallest absolute Gasteiger partial charge is 0.226 e. The van der Waals surface area contributed by atoms with Gasteiger partial charge in [0.05, 0.1) is 5.92 Å². The van der Waals surface area contributed by atoms with Gasteiger partial charge in [-0.2, -0.15) is 0 Å². The number of carbonyl (C=O) groups excluding carboxylic acids is 1. The Morgan fingerprint density at radius 3 is 2.73 bits per heavy atom. The van der Waals surface area contributed by atoms with Crippen LogP contribution in [0.15, 0.2) is 24.3 Å². The molecule has 2 saturated heterocycles. The second-order valence-electron chi connectivity index (χ2n) is 6.95. The number of benzene rings is 1. The Hall–Kier alpha value is -1.35. The van der Waals surface area contributed by atoms with E-state index in [0.29, 0.717) is 5.91 Å². The number of hydrogen-bond acceptors (Lipinski definition) is 2. The summed E-state index contributed by atoms with van der Waals surface area (Å²) < 4.78 is 0. The molecular formula is C19H28N2O. The second-order valence-corrected chi connectivity index (χ2v) is 6.95. The number of aryl methyl sites for hydroxylation is 1. The summed E-state index contributed by atoms with van der Waals surface area (Å²) in [5, 5.41) is 0. The number of carbonyl (C=O) groups is 1. The maximum atomic E-state index is 12.7. The van der Waals surface area contributed by atoms with Crippen molar-refractivity contribution in [3.8, 4) is 0 Å². The fourth-order valence-electron chi connectivity index (χ4n) is 3.84. The van der Waals surface area contributed by atoms with Crippen LogP contribution in [0.1, 0.15) is 43.2 Å². The lowest BCUT2D eigenvalue weighted by atomic mass is 9.95. The third-order valence-corrected chi connectivity index (χ3v) is 5.01. The molecule has 2 heterocycles. The normalized spacial score (nSPS) is 23.5. The maximum absolute atomic E-state index is 12.7. The zero-order valence-corrected chi connectivity index (χ0v) is 13.8. The molecule has 0 saturated carbocycles. The molecule has 0 N–H and O–H groups in total. The van der Waals surface area contributed by atoms with Crippen LogP contribution < -0.4 is 0 Å². The maximum Gasteiger partial charge on any atom is 0.226 e. The van der Waals surface area contributed by atoms with E-state index in [9.17, 15) is 4.79 Å². The van der Waals surface area contributed by atoms with Gasteiger partial charge in [-0.1, -0.05) is 29.8 Å². The minimum atomic E-state index is 0.219. The predicted molar refractivity (Wildman–Crippen MR) is 89.6 cm³/mol. The van der Waals surface area contributed by atoms with E-state index in [1.807, 2.05) is 0 Å². The number of piperidine rings is 2. The van der Waals surface area contributed by atoms with E-state index in [-0.39, 0.29) is 5.92 Å². The van der Waals surface area contributed by atoms with Gasteiger partial charge < -0.3 is 4.90 Å². The molecule has 3 heteroatoms. The molecule has 3 rings (SSSR count). The van der Waals surface area contributed by atoms with Crippen molar-refractivity contribution in [2.45, 2.75) is 45.6 Å². The highest BCUT2D eigenvalue weighted by Crippen LogP contribution is 2.22. The van der Waals surface area contributed by atoms with Crippen LogP contribution in [0.3, 0.4) is 0 Å². The quantitative estimate of drug-likeness (QED) is 0.856. The lowest BCUT2D eigenvalue weighted by Gasteiger charge is -2.36. The number of hydrogen-bond donors (Lipinski definition) is 0. The standard InChI is InChI=1S/C19H28N2O/c1-16-7-5-8-17(13-16)14-20-10-6-9-18(15-20)19(22)21-11-3-2-4-12-21/h5,7-8,13,18H,2-4,6,9-12,14-15H2,1H3/t18-/m1/s1. The molecule has 1 amide bonds. The first-order chi connectivity index (χ1) is 10.7. The van der Waals surface area contributed by atoms with Crippen LogP contribution in [0, 0.1) is 12.8 Å². The van der Waals surface area contributed by atoms with Crippen molar-refractivity contribution in [3.63, 3.8) is 0 Å². The molecule has 2 aliphatic rings. The monoisotopic (exact) mass is 300 g/mol. The minimum absolute atomic E-state index is 0.219. The van der Waals surface area contributed by atoms with Gasteiger partial charge in [0.1, 0.15) is 0 Å². The van der Waals surface area contributed by atoms with E-state index in [2.05, 4.69) is 41.0 Å². The molecule has 1 aromatic carbocycles. The summed E-state index contributed by atoms with van der Waals surface area (Å²) in [6.07, 6.45) is 5.88. The van der Waals surface area contributed by atoms with Crippen molar-refractivity contribution in [3.05, 3.63) is 35.4 Å². The molecule has 0 spiro atoms. The van der Waals surface area contributed by atoms with Crippen molar-refractivity contribution >= 4 is 5.91 Å². The number of likely N-dealkylation sites (tertiary alicyclic amines) is 2. The summed E-state index contributed by atoms with van der Waals surface area (Å²) in [5.41, 5.74) is 2.68.